The first-order valence-corrected chi connectivity index (χ1v) is 10.6. The molecule has 1 aliphatic heterocycles. The predicted molar refractivity (Wildman–Crippen MR) is 116 cm³/mol. The van der Waals surface area contributed by atoms with Crippen molar-refractivity contribution in [1.29, 1.82) is 0 Å². The lowest BCUT2D eigenvalue weighted by molar-refractivity contribution is -0.134. The van der Waals surface area contributed by atoms with Crippen molar-refractivity contribution in [1.82, 2.24) is 19.9 Å². The van der Waals surface area contributed by atoms with Crippen LogP contribution in [0.4, 0.5) is 0 Å². The molecular weight excluding hydrogens is 376 g/mol. The molecule has 4 rings (SSSR count). The number of rotatable bonds is 6. The minimum atomic E-state index is -0.0645. The number of carbonyl (C=O) groups is 1. The van der Waals surface area contributed by atoms with Gasteiger partial charge in [0, 0.05) is 31.7 Å². The fraction of sp³-hybridized carbons (Fsp3) is 0.375. The Bertz CT molecular complexity index is 978. The second-order valence-corrected chi connectivity index (χ2v) is 7.80. The third-order valence-electron chi connectivity index (χ3n) is 5.81. The maximum atomic E-state index is 13.1. The zero-order valence-electron chi connectivity index (χ0n) is 17.6. The average Bonchev–Trinajstić information content (AvgIpc) is 3.24. The molecular formula is C24H28N4O2. The minimum absolute atomic E-state index is 0.0645. The fourth-order valence-corrected chi connectivity index (χ4v) is 4.03. The molecule has 2 heterocycles. The minimum Gasteiger partial charge on any atom is -0.340 e. The lowest BCUT2D eigenvalue weighted by atomic mass is 9.95. The Hall–Kier alpha value is -2.99. The maximum absolute atomic E-state index is 13.1. The van der Waals surface area contributed by atoms with E-state index in [1.54, 1.807) is 0 Å². The van der Waals surface area contributed by atoms with Gasteiger partial charge in [-0.05, 0) is 24.5 Å². The summed E-state index contributed by atoms with van der Waals surface area (Å²) in [5.74, 6) is 1.41. The van der Waals surface area contributed by atoms with Crippen molar-refractivity contribution in [3.05, 3.63) is 71.6 Å². The summed E-state index contributed by atoms with van der Waals surface area (Å²) in [5.41, 5.74) is 3.22. The van der Waals surface area contributed by atoms with Crippen molar-refractivity contribution in [3.8, 4) is 11.4 Å². The Morgan fingerprint density at radius 2 is 1.73 bits per heavy atom. The van der Waals surface area contributed by atoms with Crippen molar-refractivity contribution in [2.75, 3.05) is 26.2 Å². The van der Waals surface area contributed by atoms with Crippen LogP contribution in [0.15, 0.2) is 59.1 Å². The Balaban J connectivity index is 1.34. The van der Waals surface area contributed by atoms with Gasteiger partial charge in [-0.2, -0.15) is 4.98 Å². The number of carbonyl (C=O) groups excluding carboxylic acids is 1. The highest BCUT2D eigenvalue weighted by molar-refractivity contribution is 5.83. The van der Waals surface area contributed by atoms with E-state index in [9.17, 15) is 4.79 Å². The van der Waals surface area contributed by atoms with Crippen molar-refractivity contribution in [3.63, 3.8) is 0 Å². The Morgan fingerprint density at radius 3 is 2.43 bits per heavy atom. The monoisotopic (exact) mass is 404 g/mol. The van der Waals surface area contributed by atoms with Gasteiger partial charge >= 0.3 is 0 Å². The highest BCUT2D eigenvalue weighted by atomic mass is 16.5. The zero-order valence-corrected chi connectivity index (χ0v) is 17.6. The van der Waals surface area contributed by atoms with E-state index in [4.69, 9.17) is 4.52 Å². The van der Waals surface area contributed by atoms with Crippen LogP contribution in [0.5, 0.6) is 0 Å². The normalized spacial score (nSPS) is 15.9. The largest absolute Gasteiger partial charge is 0.340 e. The molecule has 6 heteroatoms. The van der Waals surface area contributed by atoms with E-state index in [1.807, 2.05) is 66.4 Å². The van der Waals surface area contributed by atoms with Crippen LogP contribution >= 0.6 is 0 Å². The van der Waals surface area contributed by atoms with E-state index >= 15 is 0 Å². The molecule has 2 aromatic carbocycles. The van der Waals surface area contributed by atoms with Crippen molar-refractivity contribution >= 4 is 5.91 Å². The van der Waals surface area contributed by atoms with Gasteiger partial charge in [-0.25, -0.2) is 0 Å². The van der Waals surface area contributed by atoms with E-state index in [0.717, 1.165) is 49.3 Å². The summed E-state index contributed by atoms with van der Waals surface area (Å²) < 4.78 is 5.48. The van der Waals surface area contributed by atoms with Crippen LogP contribution in [-0.4, -0.2) is 52.0 Å². The topological polar surface area (TPSA) is 62.5 Å². The quantitative estimate of drug-likeness (QED) is 0.624. The summed E-state index contributed by atoms with van der Waals surface area (Å²) in [5, 5.41) is 4.15. The van der Waals surface area contributed by atoms with E-state index in [1.165, 1.54) is 0 Å². The first kappa shape index (κ1) is 20.3. The molecule has 1 saturated heterocycles. The van der Waals surface area contributed by atoms with E-state index < -0.39 is 0 Å². The van der Waals surface area contributed by atoms with E-state index in [0.29, 0.717) is 18.3 Å². The molecule has 6 nitrogen and oxygen atoms in total. The van der Waals surface area contributed by atoms with Gasteiger partial charge < -0.3 is 9.42 Å². The number of benzene rings is 2. The molecule has 0 spiro atoms. The summed E-state index contributed by atoms with van der Waals surface area (Å²) in [6, 6.07) is 18.1. The summed E-state index contributed by atoms with van der Waals surface area (Å²) >= 11 is 0. The summed E-state index contributed by atoms with van der Waals surface area (Å²) in [7, 11) is 0. The standard InChI is InChI=1S/C24H28N4O2/c1-3-20(19-10-5-4-6-11-19)24(29)28-15-13-27(14-16-28)17-22-25-23(26-30-22)21-12-8-7-9-18(21)2/h4-12,20H,3,13-17H2,1-2H3. The van der Waals surface area contributed by atoms with Gasteiger partial charge in [0.1, 0.15) is 0 Å². The smallest absolute Gasteiger partial charge is 0.241 e. The molecule has 156 valence electrons. The highest BCUT2D eigenvalue weighted by Crippen LogP contribution is 2.23. The molecule has 1 aromatic heterocycles. The second-order valence-electron chi connectivity index (χ2n) is 7.80. The molecule has 1 unspecified atom stereocenters. The van der Waals surface area contributed by atoms with Gasteiger partial charge in [0.15, 0.2) is 0 Å². The maximum Gasteiger partial charge on any atom is 0.241 e. The molecule has 1 fully saturated rings. The molecule has 1 atom stereocenters. The molecule has 0 saturated carbocycles. The predicted octanol–water partition coefficient (Wildman–Crippen LogP) is 3.88. The molecule has 1 amide bonds. The highest BCUT2D eigenvalue weighted by Gasteiger charge is 2.28. The summed E-state index contributed by atoms with van der Waals surface area (Å²) in [4.78, 5) is 21.9. The average molecular weight is 405 g/mol. The van der Waals surface area contributed by atoms with Gasteiger partial charge in [0.2, 0.25) is 17.6 Å². The molecule has 0 bridgehead atoms. The SMILES string of the molecule is CCC(C(=O)N1CCN(Cc2nc(-c3ccccc3C)no2)CC1)c1ccccc1. The first-order chi connectivity index (χ1) is 14.7. The molecule has 0 radical (unpaired) electrons. The lowest BCUT2D eigenvalue weighted by Crippen LogP contribution is -2.49. The fourth-order valence-electron chi connectivity index (χ4n) is 4.03. The summed E-state index contributed by atoms with van der Waals surface area (Å²) in [6.45, 7) is 7.78. The number of hydrogen-bond acceptors (Lipinski definition) is 5. The number of amides is 1. The first-order valence-electron chi connectivity index (χ1n) is 10.6. The van der Waals surface area contributed by atoms with Gasteiger partial charge in [-0.15, -0.1) is 0 Å². The number of hydrogen-bond donors (Lipinski definition) is 0. The third-order valence-corrected chi connectivity index (χ3v) is 5.81. The molecule has 30 heavy (non-hydrogen) atoms. The van der Waals surface area contributed by atoms with Gasteiger partial charge in [0.05, 0.1) is 12.5 Å². The number of piperazine rings is 1. The second kappa shape index (κ2) is 9.22. The van der Waals surface area contributed by atoms with Crippen LogP contribution in [-0.2, 0) is 11.3 Å². The van der Waals surface area contributed by atoms with Crippen LogP contribution in [0.3, 0.4) is 0 Å². The molecule has 1 aliphatic rings. The van der Waals surface area contributed by atoms with Gasteiger partial charge in [-0.3, -0.25) is 9.69 Å². The lowest BCUT2D eigenvalue weighted by Gasteiger charge is -2.35. The number of aryl methyl sites for hydroxylation is 1. The number of aromatic nitrogens is 2. The van der Waals surface area contributed by atoms with Crippen LogP contribution in [0.2, 0.25) is 0 Å². The van der Waals surface area contributed by atoms with Crippen LogP contribution in [0.25, 0.3) is 11.4 Å². The third kappa shape index (κ3) is 4.44. The van der Waals surface area contributed by atoms with E-state index in [-0.39, 0.29) is 11.8 Å². The molecule has 3 aromatic rings. The molecule has 0 aliphatic carbocycles. The van der Waals surface area contributed by atoms with Crippen molar-refractivity contribution in [2.45, 2.75) is 32.7 Å². The van der Waals surface area contributed by atoms with Crippen LogP contribution in [0, 0.1) is 6.92 Å². The van der Waals surface area contributed by atoms with E-state index in [2.05, 4.69) is 22.0 Å². The summed E-state index contributed by atoms with van der Waals surface area (Å²) in [6.07, 6.45) is 0.812. The van der Waals surface area contributed by atoms with Crippen molar-refractivity contribution in [2.24, 2.45) is 0 Å². The van der Waals surface area contributed by atoms with Crippen LogP contribution in [0.1, 0.15) is 36.3 Å². The Labute approximate surface area is 177 Å². The van der Waals surface area contributed by atoms with Gasteiger partial charge in [-0.1, -0.05) is 66.7 Å². The molecule has 0 N–H and O–H groups in total. The van der Waals surface area contributed by atoms with Crippen molar-refractivity contribution < 1.29 is 9.32 Å². The Morgan fingerprint density at radius 1 is 1.03 bits per heavy atom. The van der Waals surface area contributed by atoms with Gasteiger partial charge in [0.25, 0.3) is 0 Å². The zero-order chi connectivity index (χ0) is 20.9. The number of nitrogens with zero attached hydrogens (tertiary/aromatic N) is 4. The Kier molecular flexibility index (Phi) is 6.23. The van der Waals surface area contributed by atoms with Crippen LogP contribution < -0.4 is 0 Å².